The Morgan fingerprint density at radius 2 is 2.11 bits per heavy atom. The summed E-state index contributed by atoms with van der Waals surface area (Å²) < 4.78 is 21.3. The van der Waals surface area contributed by atoms with E-state index in [-0.39, 0.29) is 28.2 Å². The maximum absolute atomic E-state index is 13.8. The minimum Gasteiger partial charge on any atom is -0.411 e. The first kappa shape index (κ1) is 18.6. The molecule has 0 fully saturated rings. The fourth-order valence-corrected chi connectivity index (χ4v) is 4.28. The first-order valence-corrected chi connectivity index (χ1v) is 10.2. The molecule has 0 aliphatic heterocycles. The van der Waals surface area contributed by atoms with Gasteiger partial charge >= 0.3 is 0 Å². The van der Waals surface area contributed by atoms with Gasteiger partial charge in [-0.05, 0) is 32.0 Å². The molecule has 3 aromatic heterocycles. The predicted molar refractivity (Wildman–Crippen MR) is 106 cm³/mol. The van der Waals surface area contributed by atoms with Crippen molar-refractivity contribution in [3.8, 4) is 16.6 Å². The van der Waals surface area contributed by atoms with Crippen LogP contribution in [0.1, 0.15) is 21.7 Å². The van der Waals surface area contributed by atoms with E-state index in [1.807, 2.05) is 29.9 Å². The SMILES string of the molecule is Cc1cc(C(=O)CSc2nnc(-c3ccccc3F)o2)c(C)n1-c1nccs1. The van der Waals surface area contributed by atoms with Gasteiger partial charge in [0.15, 0.2) is 10.9 Å². The molecule has 6 nitrogen and oxygen atoms in total. The van der Waals surface area contributed by atoms with Crippen LogP contribution >= 0.6 is 23.1 Å². The number of ketones is 1. The van der Waals surface area contributed by atoms with E-state index in [4.69, 9.17) is 4.42 Å². The molecule has 28 heavy (non-hydrogen) atoms. The molecule has 0 bridgehead atoms. The summed E-state index contributed by atoms with van der Waals surface area (Å²) >= 11 is 2.64. The molecule has 9 heteroatoms. The highest BCUT2D eigenvalue weighted by Crippen LogP contribution is 2.27. The summed E-state index contributed by atoms with van der Waals surface area (Å²) in [5.74, 6) is -0.254. The van der Waals surface area contributed by atoms with Gasteiger partial charge in [-0.2, -0.15) is 0 Å². The zero-order valence-electron chi connectivity index (χ0n) is 15.0. The van der Waals surface area contributed by atoms with Crippen LogP contribution in [0.25, 0.3) is 16.6 Å². The molecule has 1 aromatic carbocycles. The fourth-order valence-electron chi connectivity index (χ4n) is 2.88. The third-order valence-electron chi connectivity index (χ3n) is 4.18. The van der Waals surface area contributed by atoms with Gasteiger partial charge in [-0.3, -0.25) is 9.36 Å². The number of carbonyl (C=O) groups excluding carboxylic acids is 1. The summed E-state index contributed by atoms with van der Waals surface area (Å²) in [5.41, 5.74) is 2.66. The first-order chi connectivity index (χ1) is 13.5. The number of aromatic nitrogens is 4. The Bertz CT molecular complexity index is 1130. The van der Waals surface area contributed by atoms with Gasteiger partial charge in [0.25, 0.3) is 11.1 Å². The number of aryl methyl sites for hydroxylation is 1. The zero-order valence-corrected chi connectivity index (χ0v) is 16.7. The lowest BCUT2D eigenvalue weighted by Gasteiger charge is -2.05. The minimum atomic E-state index is -0.437. The van der Waals surface area contributed by atoms with Gasteiger partial charge in [-0.15, -0.1) is 21.5 Å². The average Bonchev–Trinajstić information content (AvgIpc) is 3.41. The van der Waals surface area contributed by atoms with Crippen molar-refractivity contribution in [1.82, 2.24) is 19.7 Å². The van der Waals surface area contributed by atoms with Crippen LogP contribution in [0.4, 0.5) is 4.39 Å². The van der Waals surface area contributed by atoms with Gasteiger partial charge < -0.3 is 4.42 Å². The van der Waals surface area contributed by atoms with Crippen LogP contribution in [-0.4, -0.2) is 31.3 Å². The number of thiazole rings is 1. The number of rotatable bonds is 6. The quantitative estimate of drug-likeness (QED) is 0.336. The number of benzene rings is 1. The predicted octanol–water partition coefficient (Wildman–Crippen LogP) is 4.71. The summed E-state index contributed by atoms with van der Waals surface area (Å²) in [6.07, 6.45) is 1.74. The third-order valence-corrected chi connectivity index (χ3v) is 5.75. The first-order valence-electron chi connectivity index (χ1n) is 8.38. The molecule has 3 heterocycles. The van der Waals surface area contributed by atoms with E-state index in [0.29, 0.717) is 5.56 Å². The molecule has 0 radical (unpaired) electrons. The molecule has 142 valence electrons. The van der Waals surface area contributed by atoms with Gasteiger partial charge in [0.1, 0.15) is 5.82 Å². The number of thioether (sulfide) groups is 1. The molecule has 0 spiro atoms. The van der Waals surface area contributed by atoms with Gasteiger partial charge in [0.2, 0.25) is 0 Å². The Morgan fingerprint density at radius 1 is 1.29 bits per heavy atom. The molecule has 0 aliphatic rings. The monoisotopic (exact) mass is 414 g/mol. The van der Waals surface area contributed by atoms with E-state index in [1.165, 1.54) is 17.4 Å². The van der Waals surface area contributed by atoms with Crippen molar-refractivity contribution in [1.29, 1.82) is 0 Å². The Balaban J connectivity index is 1.49. The average molecular weight is 414 g/mol. The van der Waals surface area contributed by atoms with E-state index in [1.54, 1.807) is 24.4 Å². The Labute approximate surface area is 168 Å². The van der Waals surface area contributed by atoms with Crippen molar-refractivity contribution >= 4 is 28.9 Å². The maximum Gasteiger partial charge on any atom is 0.277 e. The topological polar surface area (TPSA) is 73.8 Å². The van der Waals surface area contributed by atoms with Crippen molar-refractivity contribution in [2.24, 2.45) is 0 Å². The van der Waals surface area contributed by atoms with Crippen LogP contribution in [0, 0.1) is 19.7 Å². The smallest absolute Gasteiger partial charge is 0.277 e. The van der Waals surface area contributed by atoms with Crippen molar-refractivity contribution < 1.29 is 13.6 Å². The fraction of sp³-hybridized carbons (Fsp3) is 0.158. The molecular weight excluding hydrogens is 399 g/mol. The lowest BCUT2D eigenvalue weighted by Crippen LogP contribution is -2.05. The summed E-state index contributed by atoms with van der Waals surface area (Å²) in [7, 11) is 0. The van der Waals surface area contributed by atoms with E-state index in [0.717, 1.165) is 28.3 Å². The lowest BCUT2D eigenvalue weighted by molar-refractivity contribution is 0.102. The van der Waals surface area contributed by atoms with Crippen LogP contribution in [0.5, 0.6) is 0 Å². The summed E-state index contributed by atoms with van der Waals surface area (Å²) in [6, 6.07) is 8.03. The van der Waals surface area contributed by atoms with E-state index < -0.39 is 5.82 Å². The highest BCUT2D eigenvalue weighted by Gasteiger charge is 2.19. The third kappa shape index (κ3) is 3.50. The molecule has 0 saturated carbocycles. The van der Waals surface area contributed by atoms with Crippen molar-refractivity contribution in [2.75, 3.05) is 5.75 Å². The Kier molecular flexibility index (Phi) is 5.10. The van der Waals surface area contributed by atoms with Crippen molar-refractivity contribution in [2.45, 2.75) is 19.1 Å². The summed E-state index contributed by atoms with van der Waals surface area (Å²) in [6.45, 7) is 3.84. The molecule has 0 N–H and O–H groups in total. The molecular formula is C19H15FN4O2S2. The van der Waals surface area contributed by atoms with Gasteiger partial charge in [-0.1, -0.05) is 23.9 Å². The number of nitrogens with zero attached hydrogens (tertiary/aromatic N) is 4. The number of hydrogen-bond acceptors (Lipinski definition) is 7. The van der Waals surface area contributed by atoms with E-state index >= 15 is 0 Å². The van der Waals surface area contributed by atoms with Gasteiger partial charge in [-0.25, -0.2) is 9.37 Å². The van der Waals surface area contributed by atoms with Crippen LogP contribution < -0.4 is 0 Å². The normalized spacial score (nSPS) is 11.1. The van der Waals surface area contributed by atoms with Crippen LogP contribution in [0.3, 0.4) is 0 Å². The second kappa shape index (κ2) is 7.69. The summed E-state index contributed by atoms with van der Waals surface area (Å²) in [4.78, 5) is 17.0. The van der Waals surface area contributed by atoms with Gasteiger partial charge in [0, 0.05) is 28.5 Å². The lowest BCUT2D eigenvalue weighted by atomic mass is 10.2. The van der Waals surface area contributed by atoms with Gasteiger partial charge in [0.05, 0.1) is 11.3 Å². The highest BCUT2D eigenvalue weighted by atomic mass is 32.2. The van der Waals surface area contributed by atoms with E-state index in [9.17, 15) is 9.18 Å². The molecule has 0 amide bonds. The molecule has 0 atom stereocenters. The summed E-state index contributed by atoms with van der Waals surface area (Å²) in [5, 5.41) is 10.7. The molecule has 4 aromatic rings. The zero-order chi connectivity index (χ0) is 19.7. The minimum absolute atomic E-state index is 0.0495. The van der Waals surface area contributed by atoms with Crippen molar-refractivity contribution in [3.05, 3.63) is 64.7 Å². The molecule has 0 saturated heterocycles. The largest absolute Gasteiger partial charge is 0.411 e. The number of hydrogen-bond donors (Lipinski definition) is 0. The molecule has 0 aliphatic carbocycles. The maximum atomic E-state index is 13.8. The van der Waals surface area contributed by atoms with E-state index in [2.05, 4.69) is 15.2 Å². The van der Waals surface area contributed by atoms with Crippen LogP contribution in [-0.2, 0) is 0 Å². The molecule has 4 rings (SSSR count). The molecule has 0 unspecified atom stereocenters. The Morgan fingerprint density at radius 3 is 2.86 bits per heavy atom. The number of halogens is 1. The standard InChI is InChI=1S/C19H15FN4O2S2/c1-11-9-14(12(2)24(11)18-21-7-8-27-18)16(25)10-28-19-23-22-17(26-19)13-5-3-4-6-15(13)20/h3-9H,10H2,1-2H3. The number of carbonyl (C=O) groups is 1. The second-order valence-electron chi connectivity index (χ2n) is 6.00. The Hall–Kier alpha value is -2.78. The highest BCUT2D eigenvalue weighted by molar-refractivity contribution is 7.99. The van der Waals surface area contributed by atoms with Crippen molar-refractivity contribution in [3.63, 3.8) is 0 Å². The van der Waals surface area contributed by atoms with Crippen LogP contribution in [0.15, 0.2) is 51.5 Å². The second-order valence-corrected chi connectivity index (χ2v) is 7.80. The number of Topliss-reactive ketones (excluding diaryl/α,β-unsaturated/α-hetero) is 1. The van der Waals surface area contributed by atoms with Crippen LogP contribution in [0.2, 0.25) is 0 Å².